The van der Waals surface area contributed by atoms with E-state index >= 15 is 0 Å². The Morgan fingerprint density at radius 2 is 1.62 bits per heavy atom. The summed E-state index contributed by atoms with van der Waals surface area (Å²) < 4.78 is 2.32. The van der Waals surface area contributed by atoms with Crippen molar-refractivity contribution < 1.29 is 4.57 Å². The highest BCUT2D eigenvalue weighted by Gasteiger charge is 2.17. The van der Waals surface area contributed by atoms with Crippen molar-refractivity contribution in [2.45, 2.75) is 41.0 Å². The maximum absolute atomic E-state index is 2.34. The fourth-order valence-corrected chi connectivity index (χ4v) is 3.46. The first-order valence-corrected chi connectivity index (χ1v) is 8.74. The van der Waals surface area contributed by atoms with Gasteiger partial charge in [-0.05, 0) is 55.0 Å². The third-order valence-electron chi connectivity index (χ3n) is 4.64. The van der Waals surface area contributed by atoms with Gasteiger partial charge in [-0.2, -0.15) is 4.57 Å². The molecule has 3 rings (SSSR count). The summed E-state index contributed by atoms with van der Waals surface area (Å²) in [6.45, 7) is 11.2. The average Bonchev–Trinajstić information content (AvgIpc) is 2.49. The minimum atomic E-state index is 0.314. The summed E-state index contributed by atoms with van der Waals surface area (Å²) >= 11 is 0. The highest BCUT2D eigenvalue weighted by Crippen LogP contribution is 2.26. The van der Waals surface area contributed by atoms with E-state index in [9.17, 15) is 0 Å². The number of nitrogens with zero attached hydrogens (tertiary/aromatic N) is 1. The zero-order valence-electron chi connectivity index (χ0n) is 15.8. The largest absolute Gasteiger partial charge is 0.213 e. The lowest BCUT2D eigenvalue weighted by Gasteiger charge is -2.18. The van der Waals surface area contributed by atoms with Gasteiger partial charge in [-0.15, -0.1) is 0 Å². The van der Waals surface area contributed by atoms with Gasteiger partial charge in [-0.3, -0.25) is 0 Å². The van der Waals surface area contributed by atoms with Gasteiger partial charge in [-0.25, -0.2) is 0 Å². The molecule has 0 bridgehead atoms. The van der Waals surface area contributed by atoms with Gasteiger partial charge in [0.15, 0.2) is 0 Å². The Hall–Kier alpha value is -2.15. The molecule has 0 unspecified atom stereocenters. The standard InChI is InChI=1S/C23H28N/c1-16-7-8-17(2)20(13-16)22-12-10-19-14-18(15-23(3,4)5)9-11-21(19)24(22)6/h7-14H,15H2,1-6H3/q+1. The van der Waals surface area contributed by atoms with Crippen molar-refractivity contribution in [3.8, 4) is 11.3 Å². The molecule has 1 nitrogen and oxygen atoms in total. The van der Waals surface area contributed by atoms with E-state index in [0.29, 0.717) is 5.41 Å². The van der Waals surface area contributed by atoms with E-state index in [0.717, 1.165) is 6.42 Å². The van der Waals surface area contributed by atoms with Crippen LogP contribution in [0.25, 0.3) is 22.2 Å². The molecule has 0 atom stereocenters. The molecule has 1 aromatic heterocycles. The molecule has 3 aromatic rings. The molecule has 2 aromatic carbocycles. The van der Waals surface area contributed by atoms with Crippen LogP contribution in [0.2, 0.25) is 0 Å². The van der Waals surface area contributed by atoms with Crippen LogP contribution in [0.1, 0.15) is 37.5 Å². The Balaban J connectivity index is 2.12. The highest BCUT2D eigenvalue weighted by molar-refractivity contribution is 5.78. The SMILES string of the molecule is Cc1ccc(C)c(-c2ccc3cc(CC(C)(C)C)ccc3[n+]2C)c1. The van der Waals surface area contributed by atoms with E-state index in [1.165, 1.54) is 38.9 Å². The fraction of sp³-hybridized carbons (Fsp3) is 0.348. The first-order chi connectivity index (χ1) is 11.2. The van der Waals surface area contributed by atoms with Crippen molar-refractivity contribution in [1.82, 2.24) is 0 Å². The summed E-state index contributed by atoms with van der Waals surface area (Å²) in [5, 5.41) is 1.31. The average molecular weight is 318 g/mol. The number of pyridine rings is 1. The Morgan fingerprint density at radius 1 is 0.875 bits per heavy atom. The number of fused-ring (bicyclic) bond motifs is 1. The van der Waals surface area contributed by atoms with Crippen LogP contribution in [-0.2, 0) is 13.5 Å². The Labute approximate surface area is 146 Å². The smallest absolute Gasteiger partial charge is 0.194 e. The van der Waals surface area contributed by atoms with Crippen LogP contribution in [0.15, 0.2) is 48.5 Å². The van der Waals surface area contributed by atoms with Crippen LogP contribution in [0.4, 0.5) is 0 Å². The Kier molecular flexibility index (Phi) is 4.21. The highest BCUT2D eigenvalue weighted by atomic mass is 14.9. The van der Waals surface area contributed by atoms with E-state index in [-0.39, 0.29) is 0 Å². The molecule has 0 amide bonds. The normalized spacial score (nSPS) is 11.9. The number of hydrogen-bond donors (Lipinski definition) is 0. The van der Waals surface area contributed by atoms with Crippen LogP contribution in [0, 0.1) is 19.3 Å². The van der Waals surface area contributed by atoms with E-state index in [2.05, 4.69) is 94.8 Å². The lowest BCUT2D eigenvalue weighted by Crippen LogP contribution is -2.32. The lowest BCUT2D eigenvalue weighted by molar-refractivity contribution is -0.633. The quantitative estimate of drug-likeness (QED) is 0.546. The maximum atomic E-state index is 2.34. The molecule has 0 spiro atoms. The predicted octanol–water partition coefficient (Wildman–Crippen LogP) is 5.54. The van der Waals surface area contributed by atoms with Crippen molar-refractivity contribution >= 4 is 10.9 Å². The summed E-state index contributed by atoms with van der Waals surface area (Å²) in [5.41, 5.74) is 8.22. The fourth-order valence-electron chi connectivity index (χ4n) is 3.46. The minimum Gasteiger partial charge on any atom is -0.194 e. The Bertz CT molecular complexity index is 898. The van der Waals surface area contributed by atoms with Crippen LogP contribution < -0.4 is 4.57 Å². The molecule has 0 aliphatic heterocycles. The van der Waals surface area contributed by atoms with Crippen LogP contribution >= 0.6 is 0 Å². The molecule has 0 aliphatic carbocycles. The van der Waals surface area contributed by atoms with Gasteiger partial charge in [-0.1, -0.05) is 44.5 Å². The van der Waals surface area contributed by atoms with Gasteiger partial charge in [0, 0.05) is 23.1 Å². The number of rotatable bonds is 2. The molecular weight excluding hydrogens is 290 g/mol. The van der Waals surface area contributed by atoms with Crippen molar-refractivity contribution in [2.24, 2.45) is 12.5 Å². The predicted molar refractivity (Wildman–Crippen MR) is 103 cm³/mol. The molecule has 0 saturated heterocycles. The molecule has 0 aliphatic rings. The van der Waals surface area contributed by atoms with Crippen molar-refractivity contribution in [1.29, 1.82) is 0 Å². The zero-order valence-corrected chi connectivity index (χ0v) is 15.8. The third-order valence-corrected chi connectivity index (χ3v) is 4.64. The van der Waals surface area contributed by atoms with Gasteiger partial charge < -0.3 is 0 Å². The van der Waals surface area contributed by atoms with Crippen molar-refractivity contribution in [3.05, 3.63) is 65.2 Å². The third kappa shape index (κ3) is 3.36. The summed E-state index contributed by atoms with van der Waals surface area (Å²) in [5.74, 6) is 0. The summed E-state index contributed by atoms with van der Waals surface area (Å²) in [7, 11) is 2.17. The van der Waals surface area contributed by atoms with Gasteiger partial charge in [0.1, 0.15) is 7.05 Å². The number of hydrogen-bond acceptors (Lipinski definition) is 0. The minimum absolute atomic E-state index is 0.314. The van der Waals surface area contributed by atoms with Crippen molar-refractivity contribution in [3.63, 3.8) is 0 Å². The second-order valence-electron chi connectivity index (χ2n) is 8.23. The van der Waals surface area contributed by atoms with Gasteiger partial charge in [0.25, 0.3) is 0 Å². The molecule has 0 fully saturated rings. The van der Waals surface area contributed by atoms with E-state index in [4.69, 9.17) is 0 Å². The second kappa shape index (κ2) is 6.05. The first kappa shape index (κ1) is 16.7. The second-order valence-corrected chi connectivity index (χ2v) is 8.23. The summed E-state index contributed by atoms with van der Waals surface area (Å²) in [4.78, 5) is 0. The monoisotopic (exact) mass is 318 g/mol. The molecule has 1 heteroatoms. The summed E-state index contributed by atoms with van der Waals surface area (Å²) in [6, 6.07) is 18.1. The number of aryl methyl sites for hydroxylation is 3. The topological polar surface area (TPSA) is 3.88 Å². The van der Waals surface area contributed by atoms with Crippen LogP contribution in [0.5, 0.6) is 0 Å². The molecule has 0 saturated carbocycles. The molecule has 24 heavy (non-hydrogen) atoms. The maximum Gasteiger partial charge on any atom is 0.213 e. The van der Waals surface area contributed by atoms with Crippen molar-refractivity contribution in [2.75, 3.05) is 0 Å². The molecule has 0 N–H and O–H groups in total. The number of aromatic nitrogens is 1. The zero-order chi connectivity index (χ0) is 17.5. The van der Waals surface area contributed by atoms with Gasteiger partial charge in [0.05, 0.1) is 0 Å². The van der Waals surface area contributed by atoms with E-state index < -0.39 is 0 Å². The number of benzene rings is 2. The van der Waals surface area contributed by atoms with Gasteiger partial charge >= 0.3 is 0 Å². The van der Waals surface area contributed by atoms with E-state index in [1.54, 1.807) is 0 Å². The molecule has 124 valence electrons. The van der Waals surface area contributed by atoms with E-state index in [1.807, 2.05) is 0 Å². The lowest BCUT2D eigenvalue weighted by atomic mass is 9.88. The molecule has 0 radical (unpaired) electrons. The molecule has 1 heterocycles. The van der Waals surface area contributed by atoms with Gasteiger partial charge in [0.2, 0.25) is 11.2 Å². The van der Waals surface area contributed by atoms with Crippen LogP contribution in [0.3, 0.4) is 0 Å². The first-order valence-electron chi connectivity index (χ1n) is 8.74. The molecular formula is C23H28N+. The Morgan fingerprint density at radius 3 is 2.33 bits per heavy atom. The van der Waals surface area contributed by atoms with Crippen LogP contribution in [-0.4, -0.2) is 0 Å². The summed E-state index contributed by atoms with van der Waals surface area (Å²) in [6.07, 6.45) is 1.10.